The van der Waals surface area contributed by atoms with E-state index in [0.717, 1.165) is 6.42 Å². The van der Waals surface area contributed by atoms with E-state index in [-0.39, 0.29) is 70.3 Å². The molecule has 5 heterocycles. The van der Waals surface area contributed by atoms with E-state index in [2.05, 4.69) is 26.9 Å². The van der Waals surface area contributed by atoms with Crippen LogP contribution in [0.2, 0.25) is 0 Å². The van der Waals surface area contributed by atoms with E-state index in [9.17, 15) is 12.4 Å². The van der Waals surface area contributed by atoms with Gasteiger partial charge >= 0.3 is 6.01 Å². The summed E-state index contributed by atoms with van der Waals surface area (Å²) in [5, 5.41) is 10.2. The Morgan fingerprint density at radius 1 is 1.26 bits per heavy atom. The van der Waals surface area contributed by atoms with Crippen LogP contribution in [0.3, 0.4) is 0 Å². The summed E-state index contributed by atoms with van der Waals surface area (Å²) in [6.45, 7) is -0.381. The molecule has 1 aliphatic carbocycles. The molecule has 0 bridgehead atoms. The third-order valence-electron chi connectivity index (χ3n) is 10.0. The van der Waals surface area contributed by atoms with Gasteiger partial charge in [-0.25, -0.2) is 13.2 Å². The summed E-state index contributed by atoms with van der Waals surface area (Å²) < 4.78 is 77.1. The molecular formula is C35H32F3N7O2. The standard InChI is InChI=1S/C35H32F3N7O2/c1-2-22-26(36)5-4-20-12-21(40)13-23(27(20)22)30-29(38)31-24(15-41-30)33(45-10-11-46-17-25-28(37)32(25)45)43-34(42-31)47-18-35-7-3-9-44(35)16-19(14-35)6-8-39/h1,4-5,12-13,15,19,25,28,32H,3,6-7,9-11,14,16-18,40H2/t19-,25-,28-,32-,35-/m0/s1/i18D2. The van der Waals surface area contributed by atoms with Crippen molar-refractivity contribution in [2.75, 3.05) is 50.0 Å². The third-order valence-corrected chi connectivity index (χ3v) is 10.0. The van der Waals surface area contributed by atoms with Crippen molar-refractivity contribution < 1.29 is 25.4 Å². The maximum atomic E-state index is 17.0. The lowest BCUT2D eigenvalue weighted by atomic mass is 9.90. The number of rotatable bonds is 6. The monoisotopic (exact) mass is 641 g/mol. The van der Waals surface area contributed by atoms with Gasteiger partial charge in [-0.1, -0.05) is 12.0 Å². The van der Waals surface area contributed by atoms with Gasteiger partial charge in [0.25, 0.3) is 0 Å². The Balaban J connectivity index is 1.30. The van der Waals surface area contributed by atoms with Gasteiger partial charge in [0.1, 0.15) is 35.6 Å². The van der Waals surface area contributed by atoms with Gasteiger partial charge in [-0.15, -0.1) is 6.42 Å². The van der Waals surface area contributed by atoms with Crippen LogP contribution in [0.5, 0.6) is 6.01 Å². The Labute approximate surface area is 272 Å². The average Bonchev–Trinajstić information content (AvgIpc) is 3.39. The number of nitrogens with two attached hydrogens (primary N) is 1. The summed E-state index contributed by atoms with van der Waals surface area (Å²) in [5.74, 6) is 0.471. The number of alkyl halides is 1. The largest absolute Gasteiger partial charge is 0.461 e. The highest BCUT2D eigenvalue weighted by molar-refractivity contribution is 6.03. The van der Waals surface area contributed by atoms with Crippen LogP contribution >= 0.6 is 0 Å². The van der Waals surface area contributed by atoms with Crippen LogP contribution < -0.4 is 15.4 Å². The van der Waals surface area contributed by atoms with Crippen molar-refractivity contribution in [3.8, 4) is 35.7 Å². The molecule has 3 aliphatic heterocycles. The zero-order chi connectivity index (χ0) is 34.2. The molecular weight excluding hydrogens is 607 g/mol. The molecule has 240 valence electrons. The second-order valence-electron chi connectivity index (χ2n) is 12.8. The van der Waals surface area contributed by atoms with E-state index in [1.54, 1.807) is 11.0 Å². The molecule has 9 nitrogen and oxygen atoms in total. The number of halogens is 3. The minimum Gasteiger partial charge on any atom is -0.461 e. The first-order chi connectivity index (χ1) is 23.6. The molecule has 4 fully saturated rings. The number of hydrogen-bond acceptors (Lipinski definition) is 9. The number of ether oxygens (including phenoxy) is 2. The Hall–Kier alpha value is -4.65. The van der Waals surface area contributed by atoms with Gasteiger partial charge in [0.2, 0.25) is 0 Å². The fourth-order valence-corrected chi connectivity index (χ4v) is 7.80. The molecule has 1 saturated carbocycles. The van der Waals surface area contributed by atoms with Gasteiger partial charge in [0.15, 0.2) is 5.82 Å². The molecule has 8 rings (SSSR count). The van der Waals surface area contributed by atoms with Crippen molar-refractivity contribution in [2.45, 2.75) is 43.4 Å². The predicted molar refractivity (Wildman–Crippen MR) is 170 cm³/mol. The molecule has 2 aromatic heterocycles. The molecule has 0 radical (unpaired) electrons. The molecule has 47 heavy (non-hydrogen) atoms. The molecule has 5 atom stereocenters. The summed E-state index contributed by atoms with van der Waals surface area (Å²) in [4.78, 5) is 17.2. The zero-order valence-corrected chi connectivity index (χ0v) is 25.3. The lowest BCUT2D eigenvalue weighted by Gasteiger charge is -2.31. The number of terminal acetylenes is 1. The molecule has 0 amide bonds. The van der Waals surface area contributed by atoms with Gasteiger partial charge in [0.05, 0.1) is 44.6 Å². The summed E-state index contributed by atoms with van der Waals surface area (Å²) in [5.41, 5.74) is 5.02. The van der Waals surface area contributed by atoms with Crippen LogP contribution in [0.15, 0.2) is 30.5 Å². The number of hydrogen-bond donors (Lipinski definition) is 1. The molecule has 0 spiro atoms. The summed E-state index contributed by atoms with van der Waals surface area (Å²) >= 11 is 0. The van der Waals surface area contributed by atoms with Crippen molar-refractivity contribution in [3.05, 3.63) is 47.7 Å². The van der Waals surface area contributed by atoms with Crippen LogP contribution in [0.4, 0.5) is 24.7 Å². The highest BCUT2D eigenvalue weighted by Crippen LogP contribution is 2.46. The number of fused-ring (bicyclic) bond motifs is 4. The highest BCUT2D eigenvalue weighted by atomic mass is 19.1. The quantitative estimate of drug-likeness (QED) is 0.229. The fourth-order valence-electron chi connectivity index (χ4n) is 7.80. The normalized spacial score (nSPS) is 27.8. The van der Waals surface area contributed by atoms with Gasteiger partial charge in [-0.2, -0.15) is 15.2 Å². The number of pyridine rings is 1. The second kappa shape index (κ2) is 11.3. The predicted octanol–water partition coefficient (Wildman–Crippen LogP) is 5.01. The van der Waals surface area contributed by atoms with E-state index in [1.165, 1.54) is 24.4 Å². The fraction of sp³-hybridized carbons (Fsp3) is 0.429. The van der Waals surface area contributed by atoms with Crippen molar-refractivity contribution >= 4 is 33.2 Å². The van der Waals surface area contributed by atoms with E-state index in [4.69, 9.17) is 21.6 Å². The van der Waals surface area contributed by atoms with Crippen LogP contribution in [0.25, 0.3) is 32.9 Å². The molecule has 4 aromatic rings. The average molecular weight is 642 g/mol. The Morgan fingerprint density at radius 2 is 2.13 bits per heavy atom. The first kappa shape index (κ1) is 27.5. The molecule has 3 saturated heterocycles. The lowest BCUT2D eigenvalue weighted by Crippen LogP contribution is -2.43. The molecule has 2 aromatic carbocycles. The maximum absolute atomic E-state index is 17.0. The number of anilines is 2. The van der Waals surface area contributed by atoms with Crippen LogP contribution in [0.1, 0.15) is 34.0 Å². The number of nitrogens with zero attached hydrogens (tertiary/aromatic N) is 6. The first-order valence-electron chi connectivity index (χ1n) is 16.7. The smallest absolute Gasteiger partial charge is 0.319 e. The van der Waals surface area contributed by atoms with Crippen LogP contribution in [-0.4, -0.2) is 77.0 Å². The molecule has 0 unspecified atom stereocenters. The summed E-state index contributed by atoms with van der Waals surface area (Å²) in [6.07, 6.45) is 7.80. The summed E-state index contributed by atoms with van der Waals surface area (Å²) in [7, 11) is 0. The number of nitrogen functional groups attached to an aromatic ring is 1. The van der Waals surface area contributed by atoms with E-state index >= 15 is 8.78 Å². The van der Waals surface area contributed by atoms with Gasteiger partial charge < -0.3 is 20.1 Å². The van der Waals surface area contributed by atoms with E-state index in [1.807, 2.05) is 4.90 Å². The second-order valence-corrected chi connectivity index (χ2v) is 12.8. The Morgan fingerprint density at radius 3 is 2.96 bits per heavy atom. The summed E-state index contributed by atoms with van der Waals surface area (Å²) in [6, 6.07) is 6.95. The van der Waals surface area contributed by atoms with Gasteiger partial charge in [0, 0.05) is 48.3 Å². The molecule has 12 heteroatoms. The van der Waals surface area contributed by atoms with Crippen molar-refractivity contribution in [1.82, 2.24) is 19.9 Å². The van der Waals surface area contributed by atoms with Crippen LogP contribution in [-0.2, 0) is 4.74 Å². The number of benzene rings is 2. The first-order valence-corrected chi connectivity index (χ1v) is 15.7. The maximum Gasteiger partial charge on any atom is 0.319 e. The van der Waals surface area contributed by atoms with Crippen molar-refractivity contribution in [3.63, 3.8) is 0 Å². The van der Waals surface area contributed by atoms with E-state index in [0.29, 0.717) is 37.7 Å². The van der Waals surface area contributed by atoms with Gasteiger partial charge in [-0.05, 0) is 55.3 Å². The molecule has 4 aliphatic rings. The zero-order valence-electron chi connectivity index (χ0n) is 27.3. The van der Waals surface area contributed by atoms with Crippen molar-refractivity contribution in [1.29, 1.82) is 5.26 Å². The lowest BCUT2D eigenvalue weighted by molar-refractivity contribution is 0.107. The van der Waals surface area contributed by atoms with Gasteiger partial charge in [-0.3, -0.25) is 9.88 Å². The SMILES string of the molecule is [2H]C([2H])(Oc1nc(N2CCOC[C@H]3[C@H](F)[C@H]32)c2cnc(-c3cc(N)cc4ccc(F)c(C#C)c34)c(F)c2n1)[C@@]12CCCN1C[C@@H](CC#N)C2. The molecule has 2 N–H and O–H groups in total. The minimum absolute atomic E-state index is 0.0283. The minimum atomic E-state index is -2.33. The topological polar surface area (TPSA) is 113 Å². The Kier molecular flexibility index (Phi) is 6.57. The number of nitriles is 1. The van der Waals surface area contributed by atoms with Crippen LogP contribution in [0, 0.1) is 47.1 Å². The Bertz CT molecular complexity index is 2110. The van der Waals surface area contributed by atoms with Crippen molar-refractivity contribution in [2.24, 2.45) is 11.8 Å². The number of aromatic nitrogens is 3. The third kappa shape index (κ3) is 4.81. The van der Waals surface area contributed by atoms with E-state index < -0.39 is 47.9 Å². The highest BCUT2D eigenvalue weighted by Gasteiger charge is 2.56.